The number of esters is 1. The van der Waals surface area contributed by atoms with Crippen LogP contribution in [0.5, 0.6) is 0 Å². The molecule has 0 aliphatic carbocycles. The van der Waals surface area contributed by atoms with Crippen molar-refractivity contribution in [2.45, 2.75) is 348 Å². The van der Waals surface area contributed by atoms with E-state index in [4.69, 9.17) is 13.8 Å². The van der Waals surface area contributed by atoms with Crippen LogP contribution < -0.4 is 5.32 Å². The molecule has 0 fully saturated rings. The molecule has 0 bridgehead atoms. The second-order valence-electron chi connectivity index (χ2n) is 24.4. The summed E-state index contributed by atoms with van der Waals surface area (Å²) >= 11 is 0. The minimum Gasteiger partial charge on any atom is -0.456 e. The van der Waals surface area contributed by atoms with E-state index < -0.39 is 20.0 Å². The van der Waals surface area contributed by atoms with Crippen LogP contribution in [0.25, 0.3) is 0 Å². The lowest BCUT2D eigenvalue weighted by Crippen LogP contribution is -2.47. The van der Waals surface area contributed by atoms with Crippen LogP contribution in [0.15, 0.2) is 36.5 Å². The summed E-state index contributed by atoms with van der Waals surface area (Å²) in [4.78, 5) is 37.8. The maximum atomic E-state index is 13.6. The van der Waals surface area contributed by atoms with Crippen molar-refractivity contribution in [3.05, 3.63) is 36.5 Å². The van der Waals surface area contributed by atoms with Gasteiger partial charge in [-0.25, -0.2) is 4.57 Å². The summed E-state index contributed by atoms with van der Waals surface area (Å²) in [5, 5.41) is 3.07. The Morgan fingerprint density at radius 3 is 1.18 bits per heavy atom. The summed E-state index contributed by atoms with van der Waals surface area (Å²) in [5.74, 6) is -0.492. The number of unbranched alkanes of at least 4 members (excludes halogenated alkanes) is 42. The number of nitrogens with zero attached hydrogens (tertiary/aromatic N) is 1. The molecule has 1 amide bonds. The van der Waals surface area contributed by atoms with E-state index in [1.807, 2.05) is 33.3 Å². The van der Waals surface area contributed by atoms with Gasteiger partial charge in [-0.2, -0.15) is 0 Å². The van der Waals surface area contributed by atoms with E-state index in [9.17, 15) is 19.0 Å². The van der Waals surface area contributed by atoms with Crippen LogP contribution in [-0.2, 0) is 27.9 Å². The van der Waals surface area contributed by atoms with Gasteiger partial charge in [0.1, 0.15) is 19.3 Å². The first-order valence-electron chi connectivity index (χ1n) is 33.8. The molecule has 0 aliphatic heterocycles. The van der Waals surface area contributed by atoms with E-state index >= 15 is 0 Å². The molecule has 9 nitrogen and oxygen atoms in total. The van der Waals surface area contributed by atoms with Gasteiger partial charge in [-0.15, -0.1) is 0 Å². The smallest absolute Gasteiger partial charge is 0.456 e. The number of hydrogen-bond donors (Lipinski definition) is 2. The number of carbonyl (C=O) groups excluding carboxylic acids is 2. The molecule has 3 atom stereocenters. The van der Waals surface area contributed by atoms with Crippen LogP contribution >= 0.6 is 7.82 Å². The van der Waals surface area contributed by atoms with Crippen LogP contribution in [-0.4, -0.2) is 74.3 Å². The minimum absolute atomic E-state index is 0.0422. The quantitative estimate of drug-likeness (QED) is 0.0205. The third kappa shape index (κ3) is 58.9. The lowest BCUT2D eigenvalue weighted by molar-refractivity contribution is -0.870. The fraction of sp³-hybridized carbons (Fsp3) is 0.882. The average molecular weight is 1120 g/mol. The summed E-state index contributed by atoms with van der Waals surface area (Å²) < 4.78 is 30.8. The Labute approximate surface area is 485 Å². The molecule has 460 valence electrons. The molecule has 0 aromatic rings. The Hall–Kier alpha value is -1.77. The highest BCUT2D eigenvalue weighted by Gasteiger charge is 2.30. The zero-order valence-corrected chi connectivity index (χ0v) is 53.6. The molecule has 0 saturated carbocycles. The van der Waals surface area contributed by atoms with Gasteiger partial charge in [0.05, 0.1) is 33.8 Å². The highest BCUT2D eigenvalue weighted by molar-refractivity contribution is 7.47. The minimum atomic E-state index is -4.45. The maximum Gasteiger partial charge on any atom is 0.472 e. The number of hydrogen-bond acceptors (Lipinski definition) is 6. The summed E-state index contributed by atoms with van der Waals surface area (Å²) in [6.45, 7) is 7.04. The van der Waals surface area contributed by atoms with Crippen molar-refractivity contribution in [1.29, 1.82) is 0 Å². The van der Waals surface area contributed by atoms with E-state index in [2.05, 4.69) is 50.4 Å². The van der Waals surface area contributed by atoms with Crippen molar-refractivity contribution < 1.29 is 37.3 Å². The molecule has 0 aromatic heterocycles. The van der Waals surface area contributed by atoms with E-state index in [-0.39, 0.29) is 25.1 Å². The van der Waals surface area contributed by atoms with Gasteiger partial charge in [0.25, 0.3) is 0 Å². The number of quaternary nitrogens is 1. The number of allylic oxidation sites excluding steroid dienone is 5. The van der Waals surface area contributed by atoms with Gasteiger partial charge >= 0.3 is 13.8 Å². The second kappa shape index (κ2) is 58.4. The van der Waals surface area contributed by atoms with Crippen LogP contribution in [0.4, 0.5) is 0 Å². The molecule has 0 heterocycles. The zero-order valence-electron chi connectivity index (χ0n) is 52.7. The predicted octanol–water partition coefficient (Wildman–Crippen LogP) is 21.1. The van der Waals surface area contributed by atoms with Crippen LogP contribution in [0.3, 0.4) is 0 Å². The predicted molar refractivity (Wildman–Crippen MR) is 337 cm³/mol. The fourth-order valence-corrected chi connectivity index (χ4v) is 10.8. The molecular formula is C68H132N2O7P+. The van der Waals surface area contributed by atoms with Gasteiger partial charge in [-0.05, 0) is 63.9 Å². The number of rotatable bonds is 62. The number of phosphoric acid groups is 1. The van der Waals surface area contributed by atoms with Gasteiger partial charge in [-0.3, -0.25) is 18.6 Å². The van der Waals surface area contributed by atoms with Crippen LogP contribution in [0, 0.1) is 0 Å². The Balaban J connectivity index is 5.13. The van der Waals surface area contributed by atoms with Gasteiger partial charge < -0.3 is 19.4 Å². The van der Waals surface area contributed by atoms with Crippen molar-refractivity contribution >= 4 is 19.7 Å². The largest absolute Gasteiger partial charge is 0.472 e. The first-order chi connectivity index (χ1) is 37.9. The Morgan fingerprint density at radius 2 is 0.782 bits per heavy atom. The molecule has 0 aromatic carbocycles. The monoisotopic (exact) mass is 1120 g/mol. The average Bonchev–Trinajstić information content (AvgIpc) is 3.40. The highest BCUT2D eigenvalue weighted by atomic mass is 31.2. The molecule has 0 rings (SSSR count). The van der Waals surface area contributed by atoms with E-state index in [1.165, 1.54) is 238 Å². The number of carbonyl (C=O) groups is 2. The zero-order chi connectivity index (χ0) is 57.2. The lowest BCUT2D eigenvalue weighted by Gasteiger charge is -2.27. The number of likely N-dealkylation sites (N-methyl/N-ethyl adjacent to an activating group) is 1. The number of nitrogens with one attached hydrogen (secondary N) is 1. The third-order valence-corrected chi connectivity index (χ3v) is 16.3. The lowest BCUT2D eigenvalue weighted by atomic mass is 10.0. The van der Waals surface area contributed by atoms with Gasteiger partial charge in [0.15, 0.2) is 0 Å². The van der Waals surface area contributed by atoms with E-state index in [1.54, 1.807) is 0 Å². The maximum absolute atomic E-state index is 13.6. The third-order valence-electron chi connectivity index (χ3n) is 15.3. The highest BCUT2D eigenvalue weighted by Crippen LogP contribution is 2.43. The molecule has 0 spiro atoms. The van der Waals surface area contributed by atoms with E-state index in [0.29, 0.717) is 23.9 Å². The molecule has 0 aliphatic rings. The first kappa shape index (κ1) is 76.2. The van der Waals surface area contributed by atoms with Crippen molar-refractivity contribution in [3.8, 4) is 0 Å². The Kier molecular flexibility index (Phi) is 57.1. The topological polar surface area (TPSA) is 111 Å². The molecule has 10 heteroatoms. The van der Waals surface area contributed by atoms with Gasteiger partial charge in [0, 0.05) is 12.8 Å². The first-order valence-corrected chi connectivity index (χ1v) is 35.3. The molecule has 2 N–H and O–H groups in total. The second-order valence-corrected chi connectivity index (χ2v) is 25.8. The summed E-state index contributed by atoms with van der Waals surface area (Å²) in [5.41, 5.74) is 0. The fourth-order valence-electron chi connectivity index (χ4n) is 10.1. The molecule has 0 radical (unpaired) electrons. The summed E-state index contributed by atoms with van der Waals surface area (Å²) in [6.07, 6.45) is 71.4. The van der Waals surface area contributed by atoms with Crippen molar-refractivity contribution in [2.75, 3.05) is 40.9 Å². The van der Waals surface area contributed by atoms with Gasteiger partial charge in [-0.1, -0.05) is 295 Å². The number of amides is 1. The normalized spacial score (nSPS) is 13.8. The SMILES string of the molecule is CCCCC/C=C\C/C=C\CCCCCCCCCCCC(=O)OC(/C=C/CCCCCCCCCCCC)C(COP(=O)(O)OCC[N+](C)(C)C)NC(=O)CCCCCCCCCCCCCCCCCCCCCCC. The van der Waals surface area contributed by atoms with Gasteiger partial charge in [0.2, 0.25) is 5.91 Å². The Bertz CT molecular complexity index is 1430. The van der Waals surface area contributed by atoms with Crippen molar-refractivity contribution in [3.63, 3.8) is 0 Å². The molecule has 3 unspecified atom stereocenters. The van der Waals surface area contributed by atoms with Crippen LogP contribution in [0.2, 0.25) is 0 Å². The van der Waals surface area contributed by atoms with Crippen molar-refractivity contribution in [2.24, 2.45) is 0 Å². The van der Waals surface area contributed by atoms with Crippen molar-refractivity contribution in [1.82, 2.24) is 5.32 Å². The summed E-state index contributed by atoms with van der Waals surface area (Å²) in [7, 11) is 1.51. The molecular weight excluding hydrogens is 988 g/mol. The standard InChI is InChI=1S/C68H131N2O7P/c1-7-10-13-16-19-22-25-28-30-32-34-35-37-38-40-42-45-48-51-54-57-60-67(71)69-65(64-76-78(73,74)75-63-62-70(4,5)6)66(59-56-53-50-47-44-27-24-21-18-15-12-9-3)77-68(72)61-58-55-52-49-46-43-41-39-36-33-31-29-26-23-20-17-14-11-8-2/h20,23,29,31,56,59,65-66H,7-19,21-22,24-28,30,32-55,57-58,60-64H2,1-6H3,(H-,69,71,73,74)/p+1/b23-20-,31-29-,59-56+. The summed E-state index contributed by atoms with van der Waals surface area (Å²) in [6, 6.07) is -0.846. The molecule has 0 saturated heterocycles. The van der Waals surface area contributed by atoms with E-state index in [0.717, 1.165) is 64.2 Å². The van der Waals surface area contributed by atoms with Crippen LogP contribution in [0.1, 0.15) is 335 Å². The number of ether oxygens (including phenoxy) is 1. The number of phosphoric ester groups is 1. The molecule has 78 heavy (non-hydrogen) atoms. The Morgan fingerprint density at radius 1 is 0.449 bits per heavy atom.